The molecule has 2 aromatic rings. The molecule has 0 radical (unpaired) electrons. The molecular formula is C14H15ClN2O2S. The van der Waals surface area contributed by atoms with Crippen molar-refractivity contribution in [3.05, 3.63) is 44.4 Å². The zero-order valence-electron chi connectivity index (χ0n) is 11.5. The number of halogens is 1. The van der Waals surface area contributed by atoms with Crippen LogP contribution in [0.5, 0.6) is 0 Å². The molecule has 1 N–H and O–H groups in total. The van der Waals surface area contributed by atoms with E-state index in [1.807, 2.05) is 31.0 Å². The topological polar surface area (TPSA) is 53.4 Å². The molecule has 0 bridgehead atoms. The Bertz CT molecular complexity index is 655. The van der Waals surface area contributed by atoms with Crippen LogP contribution in [0.1, 0.15) is 26.6 Å². The van der Waals surface area contributed by atoms with Crippen molar-refractivity contribution < 1.29 is 9.90 Å². The molecule has 106 valence electrons. The highest BCUT2D eigenvalue weighted by Crippen LogP contribution is 2.27. The number of carbonyl (C=O) groups is 1. The van der Waals surface area contributed by atoms with Crippen molar-refractivity contribution in [3.8, 4) is 0 Å². The van der Waals surface area contributed by atoms with Gasteiger partial charge in [0.1, 0.15) is 5.56 Å². The average Bonchev–Trinajstić information content (AvgIpc) is 2.72. The number of hydrogen-bond donors (Lipinski definition) is 1. The molecule has 0 aliphatic rings. The van der Waals surface area contributed by atoms with Gasteiger partial charge in [-0.3, -0.25) is 4.98 Å². The molecule has 2 aromatic heterocycles. The number of carboxylic acids is 1. The Morgan fingerprint density at radius 3 is 2.70 bits per heavy atom. The molecule has 0 fully saturated rings. The van der Waals surface area contributed by atoms with Crippen LogP contribution in [0.4, 0.5) is 5.69 Å². The van der Waals surface area contributed by atoms with E-state index in [9.17, 15) is 9.90 Å². The van der Waals surface area contributed by atoms with Crippen molar-refractivity contribution >= 4 is 34.6 Å². The Hall–Kier alpha value is -1.59. The maximum atomic E-state index is 11.4. The Balaban J connectivity index is 2.38. The van der Waals surface area contributed by atoms with Crippen molar-refractivity contribution in [2.45, 2.75) is 20.4 Å². The molecular weight excluding hydrogens is 296 g/mol. The molecule has 0 atom stereocenters. The van der Waals surface area contributed by atoms with Crippen molar-refractivity contribution in [1.29, 1.82) is 0 Å². The quantitative estimate of drug-likeness (QED) is 0.934. The fourth-order valence-corrected chi connectivity index (χ4v) is 3.27. The van der Waals surface area contributed by atoms with Gasteiger partial charge in [-0.05, 0) is 32.0 Å². The van der Waals surface area contributed by atoms with E-state index in [0.29, 0.717) is 17.9 Å². The average molecular weight is 311 g/mol. The number of pyridine rings is 1. The Morgan fingerprint density at radius 2 is 2.15 bits per heavy atom. The van der Waals surface area contributed by atoms with E-state index in [-0.39, 0.29) is 5.56 Å². The van der Waals surface area contributed by atoms with E-state index in [1.165, 1.54) is 11.3 Å². The van der Waals surface area contributed by atoms with E-state index in [0.717, 1.165) is 14.9 Å². The highest BCUT2D eigenvalue weighted by molar-refractivity contribution is 7.16. The number of aromatic carboxylic acids is 1. The van der Waals surface area contributed by atoms with E-state index < -0.39 is 5.97 Å². The molecule has 0 aromatic carbocycles. The first kappa shape index (κ1) is 14.8. The second-order valence-electron chi connectivity index (χ2n) is 4.61. The SMILES string of the molecule is Cc1cc(N(C)Cc2ccc(Cl)s2)c(C(=O)O)c(C)n1. The lowest BCUT2D eigenvalue weighted by Gasteiger charge is -2.22. The zero-order chi connectivity index (χ0) is 14.9. The third kappa shape index (κ3) is 3.11. The first-order valence-electron chi connectivity index (χ1n) is 6.05. The summed E-state index contributed by atoms with van der Waals surface area (Å²) in [5, 5.41) is 9.37. The fourth-order valence-electron chi connectivity index (χ4n) is 2.13. The minimum atomic E-state index is -0.957. The van der Waals surface area contributed by atoms with Crippen LogP contribution in [-0.2, 0) is 6.54 Å². The number of nitrogens with zero attached hydrogens (tertiary/aromatic N) is 2. The predicted octanol–water partition coefficient (Wildman–Crippen LogP) is 3.75. The van der Waals surface area contributed by atoms with Gasteiger partial charge in [-0.1, -0.05) is 11.6 Å². The van der Waals surface area contributed by atoms with Gasteiger partial charge in [0.25, 0.3) is 0 Å². The van der Waals surface area contributed by atoms with Gasteiger partial charge in [-0.2, -0.15) is 0 Å². The maximum Gasteiger partial charge on any atom is 0.339 e. The summed E-state index contributed by atoms with van der Waals surface area (Å²) >= 11 is 7.41. The fraction of sp³-hybridized carbons (Fsp3) is 0.286. The number of carboxylic acid groups (broad SMARTS) is 1. The van der Waals surface area contributed by atoms with E-state index >= 15 is 0 Å². The van der Waals surface area contributed by atoms with Gasteiger partial charge in [0, 0.05) is 17.6 Å². The summed E-state index contributed by atoms with van der Waals surface area (Å²) in [5.74, 6) is -0.957. The molecule has 0 saturated carbocycles. The van der Waals surface area contributed by atoms with Gasteiger partial charge in [0.2, 0.25) is 0 Å². The molecule has 2 heterocycles. The van der Waals surface area contributed by atoms with E-state index in [2.05, 4.69) is 4.98 Å². The first-order valence-corrected chi connectivity index (χ1v) is 7.25. The third-order valence-corrected chi connectivity index (χ3v) is 4.17. The number of rotatable bonds is 4. The summed E-state index contributed by atoms with van der Waals surface area (Å²) in [5.41, 5.74) is 2.26. The largest absolute Gasteiger partial charge is 0.478 e. The molecule has 2 rings (SSSR count). The second kappa shape index (κ2) is 5.81. The van der Waals surface area contributed by atoms with E-state index in [1.54, 1.807) is 13.0 Å². The van der Waals surface area contributed by atoms with Gasteiger partial charge in [0.15, 0.2) is 0 Å². The van der Waals surface area contributed by atoms with Crippen molar-refractivity contribution in [2.75, 3.05) is 11.9 Å². The molecule has 4 nitrogen and oxygen atoms in total. The Kier molecular flexibility index (Phi) is 4.30. The molecule has 6 heteroatoms. The maximum absolute atomic E-state index is 11.4. The number of hydrogen-bond acceptors (Lipinski definition) is 4. The molecule has 0 aliphatic carbocycles. The zero-order valence-corrected chi connectivity index (χ0v) is 13.0. The lowest BCUT2D eigenvalue weighted by Crippen LogP contribution is -2.20. The number of anilines is 1. The number of aryl methyl sites for hydroxylation is 2. The smallest absolute Gasteiger partial charge is 0.339 e. The Morgan fingerprint density at radius 1 is 1.45 bits per heavy atom. The summed E-state index contributed by atoms with van der Waals surface area (Å²) < 4.78 is 0.731. The molecule has 0 unspecified atom stereocenters. The minimum Gasteiger partial charge on any atom is -0.478 e. The highest BCUT2D eigenvalue weighted by Gasteiger charge is 2.18. The third-order valence-electron chi connectivity index (χ3n) is 2.95. The lowest BCUT2D eigenvalue weighted by molar-refractivity contribution is 0.0696. The van der Waals surface area contributed by atoms with Crippen LogP contribution >= 0.6 is 22.9 Å². The predicted molar refractivity (Wildman–Crippen MR) is 82.1 cm³/mol. The molecule has 0 saturated heterocycles. The minimum absolute atomic E-state index is 0.251. The summed E-state index contributed by atoms with van der Waals surface area (Å²) in [7, 11) is 1.87. The lowest BCUT2D eigenvalue weighted by atomic mass is 10.1. The van der Waals surface area contributed by atoms with Crippen LogP contribution in [-0.4, -0.2) is 23.1 Å². The highest BCUT2D eigenvalue weighted by atomic mass is 35.5. The number of aromatic nitrogens is 1. The van der Waals surface area contributed by atoms with Crippen LogP contribution in [0.3, 0.4) is 0 Å². The first-order chi connectivity index (χ1) is 9.38. The molecule has 0 amide bonds. The normalized spacial score (nSPS) is 10.6. The second-order valence-corrected chi connectivity index (χ2v) is 6.41. The summed E-state index contributed by atoms with van der Waals surface area (Å²) in [6, 6.07) is 5.59. The molecule has 0 spiro atoms. The van der Waals surface area contributed by atoms with Gasteiger partial charge in [-0.25, -0.2) is 4.79 Å². The van der Waals surface area contributed by atoms with E-state index in [4.69, 9.17) is 11.6 Å². The van der Waals surface area contributed by atoms with Crippen molar-refractivity contribution in [3.63, 3.8) is 0 Å². The van der Waals surface area contributed by atoms with Crippen LogP contribution in [0.2, 0.25) is 4.34 Å². The summed E-state index contributed by atoms with van der Waals surface area (Å²) in [6.45, 7) is 4.19. The van der Waals surface area contributed by atoms with Gasteiger partial charge >= 0.3 is 5.97 Å². The van der Waals surface area contributed by atoms with Gasteiger partial charge in [-0.15, -0.1) is 11.3 Å². The van der Waals surface area contributed by atoms with Gasteiger partial charge in [0.05, 0.1) is 22.3 Å². The number of thiophene rings is 1. The summed E-state index contributed by atoms with van der Waals surface area (Å²) in [4.78, 5) is 18.6. The molecule has 20 heavy (non-hydrogen) atoms. The summed E-state index contributed by atoms with van der Waals surface area (Å²) in [6.07, 6.45) is 0. The van der Waals surface area contributed by atoms with Crippen LogP contribution in [0.15, 0.2) is 18.2 Å². The Labute approximate surface area is 126 Å². The van der Waals surface area contributed by atoms with Crippen molar-refractivity contribution in [1.82, 2.24) is 4.98 Å². The standard InChI is InChI=1S/C14H15ClN2O2S/c1-8-6-11(13(14(18)19)9(2)16-8)17(3)7-10-4-5-12(15)20-10/h4-6H,7H2,1-3H3,(H,18,19). The molecule has 0 aliphatic heterocycles. The van der Waals surface area contributed by atoms with Gasteiger partial charge < -0.3 is 10.0 Å². The van der Waals surface area contributed by atoms with Crippen LogP contribution in [0.25, 0.3) is 0 Å². The monoisotopic (exact) mass is 310 g/mol. The van der Waals surface area contributed by atoms with Crippen molar-refractivity contribution in [2.24, 2.45) is 0 Å². The van der Waals surface area contributed by atoms with Crippen LogP contribution in [0, 0.1) is 13.8 Å². The van der Waals surface area contributed by atoms with Crippen LogP contribution < -0.4 is 4.90 Å².